The molecule has 0 saturated carbocycles. The molecule has 1 atom stereocenters. The number of aryl methyl sites for hydroxylation is 1. The maximum atomic E-state index is 12.9. The van der Waals surface area contributed by atoms with Crippen molar-refractivity contribution >= 4 is 5.91 Å². The molecule has 2 aromatic carbocycles. The molecule has 1 aliphatic rings. The Balaban J connectivity index is 1.47. The van der Waals surface area contributed by atoms with Crippen LogP contribution < -0.4 is 5.32 Å². The summed E-state index contributed by atoms with van der Waals surface area (Å²) in [7, 11) is 0. The maximum absolute atomic E-state index is 12.9. The van der Waals surface area contributed by atoms with E-state index in [4.69, 9.17) is 9.26 Å². The quantitative estimate of drug-likeness (QED) is 0.591. The second kappa shape index (κ2) is 9.89. The molecule has 0 spiro atoms. The van der Waals surface area contributed by atoms with Crippen molar-refractivity contribution in [3.05, 3.63) is 77.0 Å². The summed E-state index contributed by atoms with van der Waals surface area (Å²) in [4.78, 5) is 15.2. The molecule has 174 valence electrons. The molecule has 0 aliphatic carbocycles. The second-order valence-corrected chi connectivity index (χ2v) is 9.69. The van der Waals surface area contributed by atoms with Crippen molar-refractivity contribution in [2.24, 2.45) is 0 Å². The molecule has 6 heteroatoms. The van der Waals surface area contributed by atoms with E-state index in [1.807, 2.05) is 31.2 Å². The smallest absolute Gasteiger partial charge is 0.273 e. The molecule has 0 bridgehead atoms. The first kappa shape index (κ1) is 23.2. The Morgan fingerprint density at radius 2 is 1.73 bits per heavy atom. The van der Waals surface area contributed by atoms with Crippen LogP contribution in [0.4, 0.5) is 0 Å². The summed E-state index contributed by atoms with van der Waals surface area (Å²) >= 11 is 0. The lowest BCUT2D eigenvalue weighted by molar-refractivity contribution is 0.0162. The van der Waals surface area contributed by atoms with Gasteiger partial charge in [0.05, 0.1) is 19.3 Å². The van der Waals surface area contributed by atoms with Gasteiger partial charge in [0.25, 0.3) is 5.91 Å². The molecular formula is C27H33N3O3. The number of hydrogen-bond acceptors (Lipinski definition) is 5. The van der Waals surface area contributed by atoms with Gasteiger partial charge in [-0.25, -0.2) is 0 Å². The Bertz CT molecular complexity index is 1060. The van der Waals surface area contributed by atoms with Crippen LogP contribution in [0.15, 0.2) is 59.1 Å². The van der Waals surface area contributed by atoms with Crippen LogP contribution in [0.5, 0.6) is 0 Å². The van der Waals surface area contributed by atoms with Gasteiger partial charge < -0.3 is 14.6 Å². The molecule has 1 N–H and O–H groups in total. The monoisotopic (exact) mass is 447 g/mol. The number of benzene rings is 2. The number of nitrogens with zero attached hydrogens (tertiary/aromatic N) is 2. The predicted octanol–water partition coefficient (Wildman–Crippen LogP) is 4.75. The number of carbonyl (C=O) groups is 1. The van der Waals surface area contributed by atoms with E-state index in [-0.39, 0.29) is 23.1 Å². The Labute approximate surface area is 195 Å². The fourth-order valence-electron chi connectivity index (χ4n) is 4.07. The minimum atomic E-state index is -0.235. The van der Waals surface area contributed by atoms with Gasteiger partial charge in [-0.15, -0.1) is 0 Å². The number of morpholine rings is 1. The van der Waals surface area contributed by atoms with E-state index in [1.54, 1.807) is 6.07 Å². The van der Waals surface area contributed by atoms with Gasteiger partial charge in [-0.3, -0.25) is 9.69 Å². The molecule has 0 radical (unpaired) electrons. The molecule has 6 nitrogen and oxygen atoms in total. The van der Waals surface area contributed by atoms with Crippen molar-refractivity contribution in [3.63, 3.8) is 0 Å². The first-order valence-corrected chi connectivity index (χ1v) is 11.6. The summed E-state index contributed by atoms with van der Waals surface area (Å²) in [5, 5.41) is 7.07. The zero-order chi connectivity index (χ0) is 23.4. The van der Waals surface area contributed by atoms with Gasteiger partial charge in [0.15, 0.2) is 11.5 Å². The molecule has 3 aromatic rings. The molecule has 0 unspecified atom stereocenters. The third kappa shape index (κ3) is 5.70. The molecule has 1 aliphatic heterocycles. The van der Waals surface area contributed by atoms with Crippen LogP contribution in [0.1, 0.15) is 54.0 Å². The number of hydrogen-bond donors (Lipinski definition) is 1. The van der Waals surface area contributed by atoms with Gasteiger partial charge in [0.2, 0.25) is 0 Å². The van der Waals surface area contributed by atoms with E-state index in [0.29, 0.717) is 25.5 Å². The van der Waals surface area contributed by atoms with Crippen LogP contribution in [0.2, 0.25) is 0 Å². The number of carbonyl (C=O) groups excluding carboxylic acids is 1. The maximum Gasteiger partial charge on any atom is 0.273 e. The normalized spacial score (nSPS) is 15.9. The van der Waals surface area contributed by atoms with Crippen LogP contribution in [-0.4, -0.2) is 48.8 Å². The zero-order valence-electron chi connectivity index (χ0n) is 19.9. The van der Waals surface area contributed by atoms with Crippen LogP contribution >= 0.6 is 0 Å². The van der Waals surface area contributed by atoms with E-state index in [9.17, 15) is 4.79 Å². The summed E-state index contributed by atoms with van der Waals surface area (Å²) < 4.78 is 11.0. The van der Waals surface area contributed by atoms with E-state index in [0.717, 1.165) is 18.7 Å². The number of amides is 1. The van der Waals surface area contributed by atoms with Crippen LogP contribution in [-0.2, 0) is 10.2 Å². The predicted molar refractivity (Wildman–Crippen MR) is 129 cm³/mol. The molecular weight excluding hydrogens is 414 g/mol. The average molecular weight is 448 g/mol. The lowest BCUT2D eigenvalue weighted by atomic mass is 9.86. The Kier molecular flexibility index (Phi) is 6.96. The minimum Gasteiger partial charge on any atom is -0.379 e. The SMILES string of the molecule is Cc1ccc(-c2cc(C(=O)NC[C@H](c3ccc(C(C)(C)C)cc3)N3CCOCC3)no2)cc1. The van der Waals surface area contributed by atoms with Gasteiger partial charge in [0.1, 0.15) is 0 Å². The second-order valence-electron chi connectivity index (χ2n) is 9.69. The molecule has 2 heterocycles. The molecule has 1 amide bonds. The van der Waals surface area contributed by atoms with Crippen molar-refractivity contribution in [3.8, 4) is 11.3 Å². The number of ether oxygens (including phenoxy) is 1. The third-order valence-corrected chi connectivity index (χ3v) is 6.18. The van der Waals surface area contributed by atoms with Gasteiger partial charge in [-0.1, -0.05) is 80.0 Å². The van der Waals surface area contributed by atoms with E-state index < -0.39 is 0 Å². The Morgan fingerprint density at radius 3 is 2.36 bits per heavy atom. The molecule has 1 aromatic heterocycles. The standard InChI is InChI=1S/C27H33N3O3/c1-19-5-7-21(8-6-19)25-17-23(29-33-25)26(31)28-18-24(30-13-15-32-16-14-30)20-9-11-22(12-10-20)27(2,3)4/h5-12,17,24H,13-16,18H2,1-4H3,(H,28,31)/t24-/m1/s1. The van der Waals surface area contributed by atoms with Crippen molar-refractivity contribution in [1.82, 2.24) is 15.4 Å². The third-order valence-electron chi connectivity index (χ3n) is 6.18. The van der Waals surface area contributed by atoms with Crippen LogP contribution in [0.25, 0.3) is 11.3 Å². The van der Waals surface area contributed by atoms with E-state index >= 15 is 0 Å². The fourth-order valence-corrected chi connectivity index (χ4v) is 4.07. The van der Waals surface area contributed by atoms with E-state index in [2.05, 4.69) is 60.4 Å². The minimum absolute atomic E-state index is 0.0651. The molecule has 33 heavy (non-hydrogen) atoms. The summed E-state index contributed by atoms with van der Waals surface area (Å²) in [6.07, 6.45) is 0. The van der Waals surface area contributed by atoms with Crippen molar-refractivity contribution in [2.75, 3.05) is 32.8 Å². The Hall–Kier alpha value is -2.96. The van der Waals surface area contributed by atoms with Gasteiger partial charge in [-0.05, 0) is 23.5 Å². The highest BCUT2D eigenvalue weighted by Crippen LogP contribution is 2.27. The Morgan fingerprint density at radius 1 is 1.06 bits per heavy atom. The van der Waals surface area contributed by atoms with E-state index in [1.165, 1.54) is 16.7 Å². The van der Waals surface area contributed by atoms with Crippen LogP contribution in [0.3, 0.4) is 0 Å². The van der Waals surface area contributed by atoms with Gasteiger partial charge in [0, 0.05) is 31.3 Å². The highest BCUT2D eigenvalue weighted by atomic mass is 16.5. The fraction of sp³-hybridized carbons (Fsp3) is 0.407. The van der Waals surface area contributed by atoms with Crippen molar-refractivity contribution in [2.45, 2.75) is 39.2 Å². The molecule has 1 saturated heterocycles. The summed E-state index contributed by atoms with van der Waals surface area (Å²) in [5.41, 5.74) is 4.93. The van der Waals surface area contributed by atoms with Gasteiger partial charge in [-0.2, -0.15) is 0 Å². The first-order valence-electron chi connectivity index (χ1n) is 11.6. The van der Waals surface area contributed by atoms with Crippen molar-refractivity contribution in [1.29, 1.82) is 0 Å². The summed E-state index contributed by atoms with van der Waals surface area (Å²) in [6.45, 7) is 12.2. The highest BCUT2D eigenvalue weighted by Gasteiger charge is 2.25. The lowest BCUT2D eigenvalue weighted by Crippen LogP contribution is -2.43. The van der Waals surface area contributed by atoms with Crippen molar-refractivity contribution < 1.29 is 14.1 Å². The topological polar surface area (TPSA) is 67.6 Å². The first-order chi connectivity index (χ1) is 15.8. The number of nitrogens with one attached hydrogen (secondary N) is 1. The van der Waals surface area contributed by atoms with Gasteiger partial charge >= 0.3 is 0 Å². The number of rotatable bonds is 6. The van der Waals surface area contributed by atoms with Crippen LogP contribution in [0, 0.1) is 6.92 Å². The highest BCUT2D eigenvalue weighted by molar-refractivity contribution is 5.93. The summed E-state index contributed by atoms with van der Waals surface area (Å²) in [6, 6.07) is 18.5. The largest absolute Gasteiger partial charge is 0.379 e. The summed E-state index contributed by atoms with van der Waals surface area (Å²) in [5.74, 6) is 0.351. The number of aromatic nitrogens is 1. The molecule has 1 fully saturated rings. The lowest BCUT2D eigenvalue weighted by Gasteiger charge is -2.35. The molecule has 4 rings (SSSR count). The average Bonchev–Trinajstić information content (AvgIpc) is 3.30. The zero-order valence-corrected chi connectivity index (χ0v) is 19.9.